The minimum atomic E-state index is -0.659. The summed E-state index contributed by atoms with van der Waals surface area (Å²) in [7, 11) is 0. The van der Waals surface area contributed by atoms with E-state index in [1.54, 1.807) is 29.2 Å². The predicted octanol–water partition coefficient (Wildman–Crippen LogP) is 0.245. The van der Waals surface area contributed by atoms with E-state index in [-0.39, 0.29) is 11.7 Å². The minimum Gasteiger partial charge on any atom is -0.508 e. The molecule has 20 heavy (non-hydrogen) atoms. The van der Waals surface area contributed by atoms with Gasteiger partial charge in [-0.2, -0.15) is 0 Å². The first-order valence-electron chi connectivity index (χ1n) is 7.02. The number of nitrogens with two attached hydrogens (primary N) is 1. The van der Waals surface area contributed by atoms with Crippen LogP contribution in [0.4, 0.5) is 0 Å². The van der Waals surface area contributed by atoms with Crippen molar-refractivity contribution in [1.29, 1.82) is 0 Å². The molecule has 1 atom stereocenters. The number of aliphatic hydroxyl groups is 1. The summed E-state index contributed by atoms with van der Waals surface area (Å²) in [5.41, 5.74) is 6.20. The molecule has 1 aliphatic carbocycles. The molecule has 5 nitrogen and oxygen atoms in total. The average Bonchev–Trinajstić information content (AvgIpc) is 3.21. The third-order valence-corrected chi connectivity index (χ3v) is 4.29. The number of nitrogens with zero attached hydrogens (tertiary/aromatic N) is 1. The van der Waals surface area contributed by atoms with Crippen LogP contribution in [-0.2, 0) is 11.2 Å². The van der Waals surface area contributed by atoms with Crippen LogP contribution in [0.5, 0.6) is 5.75 Å². The van der Waals surface area contributed by atoms with Gasteiger partial charge < -0.3 is 20.8 Å². The maximum Gasteiger partial charge on any atom is 0.240 e. The molecule has 1 saturated heterocycles. The van der Waals surface area contributed by atoms with E-state index in [0.29, 0.717) is 25.4 Å². The van der Waals surface area contributed by atoms with Gasteiger partial charge in [0.15, 0.2) is 0 Å². The van der Waals surface area contributed by atoms with Gasteiger partial charge in [0.1, 0.15) is 11.4 Å². The number of likely N-dealkylation sites (tertiary alicyclic amines) is 1. The Kier molecular flexibility index (Phi) is 3.18. The van der Waals surface area contributed by atoms with Gasteiger partial charge in [-0.15, -0.1) is 0 Å². The summed E-state index contributed by atoms with van der Waals surface area (Å²) in [6.45, 7) is 0.833. The number of amides is 1. The minimum absolute atomic E-state index is 0.108. The number of aromatic hydroxyl groups is 1. The van der Waals surface area contributed by atoms with Crippen molar-refractivity contribution in [2.45, 2.75) is 30.9 Å². The van der Waals surface area contributed by atoms with Crippen LogP contribution >= 0.6 is 0 Å². The molecule has 0 spiro atoms. The van der Waals surface area contributed by atoms with Gasteiger partial charge in [-0.1, -0.05) is 12.1 Å². The molecule has 2 aliphatic rings. The normalized spacial score (nSPS) is 22.2. The highest BCUT2D eigenvalue weighted by Crippen LogP contribution is 2.44. The fraction of sp³-hybridized carbons (Fsp3) is 0.533. The van der Waals surface area contributed by atoms with Gasteiger partial charge in [0.25, 0.3) is 0 Å². The van der Waals surface area contributed by atoms with Crippen molar-refractivity contribution in [1.82, 2.24) is 4.90 Å². The smallest absolute Gasteiger partial charge is 0.240 e. The second-order valence-electron chi connectivity index (χ2n) is 6.05. The van der Waals surface area contributed by atoms with Crippen LogP contribution in [0.1, 0.15) is 18.4 Å². The quantitative estimate of drug-likeness (QED) is 0.735. The largest absolute Gasteiger partial charge is 0.508 e. The number of benzene rings is 1. The fourth-order valence-corrected chi connectivity index (χ4v) is 2.86. The molecule has 0 radical (unpaired) electrons. The third-order valence-electron chi connectivity index (χ3n) is 4.29. The van der Waals surface area contributed by atoms with E-state index in [0.717, 1.165) is 18.4 Å². The lowest BCUT2D eigenvalue weighted by atomic mass is 9.88. The molecule has 5 heteroatoms. The first-order valence-corrected chi connectivity index (χ1v) is 7.02. The van der Waals surface area contributed by atoms with Crippen molar-refractivity contribution in [2.75, 3.05) is 13.1 Å². The van der Waals surface area contributed by atoms with E-state index in [4.69, 9.17) is 5.73 Å². The van der Waals surface area contributed by atoms with Crippen LogP contribution in [0.3, 0.4) is 0 Å². The highest BCUT2D eigenvalue weighted by molar-refractivity contribution is 5.83. The lowest BCUT2D eigenvalue weighted by molar-refractivity contribution is -0.160. The molecule has 0 aromatic heterocycles. The van der Waals surface area contributed by atoms with Crippen molar-refractivity contribution in [3.05, 3.63) is 29.8 Å². The molecule has 1 heterocycles. The Labute approximate surface area is 118 Å². The predicted molar refractivity (Wildman–Crippen MR) is 74.0 cm³/mol. The van der Waals surface area contributed by atoms with Gasteiger partial charge in [-0.25, -0.2) is 0 Å². The van der Waals surface area contributed by atoms with Gasteiger partial charge >= 0.3 is 0 Å². The summed E-state index contributed by atoms with van der Waals surface area (Å²) in [5, 5.41) is 19.4. The number of carbonyl (C=O) groups is 1. The lowest BCUT2D eigenvalue weighted by Crippen LogP contribution is -2.67. The Morgan fingerprint density at radius 2 is 1.95 bits per heavy atom. The first kappa shape index (κ1) is 13.4. The van der Waals surface area contributed by atoms with E-state index < -0.39 is 11.6 Å². The van der Waals surface area contributed by atoms with Crippen molar-refractivity contribution < 1.29 is 15.0 Å². The van der Waals surface area contributed by atoms with Crippen molar-refractivity contribution >= 4 is 5.91 Å². The molecule has 1 amide bonds. The summed E-state index contributed by atoms with van der Waals surface area (Å²) in [4.78, 5) is 13.8. The zero-order chi connectivity index (χ0) is 14.3. The lowest BCUT2D eigenvalue weighted by Gasteiger charge is -2.47. The molecule has 108 valence electrons. The van der Waals surface area contributed by atoms with Crippen LogP contribution < -0.4 is 5.73 Å². The fourth-order valence-electron chi connectivity index (χ4n) is 2.86. The second kappa shape index (κ2) is 4.75. The Hall–Kier alpha value is -1.59. The summed E-state index contributed by atoms with van der Waals surface area (Å²) < 4.78 is 0. The maximum absolute atomic E-state index is 12.2. The molecular weight excluding hydrogens is 256 g/mol. The van der Waals surface area contributed by atoms with Crippen LogP contribution in [0.25, 0.3) is 0 Å². The number of β-amino-alcohol motifs (C(OH)–C–C–N with tert-alkyl or cyclic N) is 1. The molecule has 2 fully saturated rings. The van der Waals surface area contributed by atoms with Crippen LogP contribution in [0, 0.1) is 5.92 Å². The van der Waals surface area contributed by atoms with Crippen molar-refractivity contribution in [3.63, 3.8) is 0 Å². The Bertz CT molecular complexity index is 504. The molecule has 0 bridgehead atoms. The standard InChI is InChI=1S/C15H20N2O3/c16-13(7-10-1-5-12(18)6-2-10)14(19)17-8-15(20,9-17)11-3-4-11/h1-2,5-6,11,13,18,20H,3-4,7-9,16H2/t13-/m1/s1. The first-order chi connectivity index (χ1) is 9.48. The van der Waals surface area contributed by atoms with Gasteiger partial charge in [0.2, 0.25) is 5.91 Å². The third kappa shape index (κ3) is 2.51. The number of phenols is 1. The topological polar surface area (TPSA) is 86.8 Å². The molecule has 1 aromatic rings. The van der Waals surface area contributed by atoms with Gasteiger partial charge in [0, 0.05) is 0 Å². The SMILES string of the molecule is N[C@H](Cc1ccc(O)cc1)C(=O)N1CC(O)(C2CC2)C1. The Morgan fingerprint density at radius 3 is 2.50 bits per heavy atom. The van der Waals surface area contributed by atoms with E-state index in [1.165, 1.54) is 0 Å². The number of hydrogen-bond donors (Lipinski definition) is 3. The van der Waals surface area contributed by atoms with E-state index in [2.05, 4.69) is 0 Å². The monoisotopic (exact) mass is 276 g/mol. The number of hydrogen-bond acceptors (Lipinski definition) is 4. The molecule has 1 aliphatic heterocycles. The molecular formula is C15H20N2O3. The van der Waals surface area contributed by atoms with E-state index in [9.17, 15) is 15.0 Å². The summed E-state index contributed by atoms with van der Waals surface area (Å²) in [5.74, 6) is 0.467. The maximum atomic E-state index is 12.2. The molecule has 0 unspecified atom stereocenters. The summed E-state index contributed by atoms with van der Waals surface area (Å²) >= 11 is 0. The molecule has 4 N–H and O–H groups in total. The number of phenolic OH excluding ortho intramolecular Hbond substituents is 1. The molecule has 1 saturated carbocycles. The highest BCUT2D eigenvalue weighted by atomic mass is 16.3. The van der Waals surface area contributed by atoms with Gasteiger partial charge in [-0.05, 0) is 42.9 Å². The van der Waals surface area contributed by atoms with Crippen LogP contribution in [0.2, 0.25) is 0 Å². The van der Waals surface area contributed by atoms with Crippen LogP contribution in [0.15, 0.2) is 24.3 Å². The zero-order valence-electron chi connectivity index (χ0n) is 11.3. The highest BCUT2D eigenvalue weighted by Gasteiger charge is 2.53. The van der Waals surface area contributed by atoms with E-state index in [1.807, 2.05) is 0 Å². The molecule has 3 rings (SSSR count). The van der Waals surface area contributed by atoms with Gasteiger partial charge in [0.05, 0.1) is 19.1 Å². The molecule has 1 aromatic carbocycles. The van der Waals surface area contributed by atoms with Crippen LogP contribution in [-0.4, -0.2) is 45.8 Å². The Balaban J connectivity index is 1.54. The Morgan fingerprint density at radius 1 is 1.35 bits per heavy atom. The van der Waals surface area contributed by atoms with E-state index >= 15 is 0 Å². The van der Waals surface area contributed by atoms with Crippen molar-refractivity contribution in [2.24, 2.45) is 11.7 Å². The summed E-state index contributed by atoms with van der Waals surface area (Å²) in [6, 6.07) is 6.10. The number of rotatable bonds is 4. The van der Waals surface area contributed by atoms with Gasteiger partial charge in [-0.3, -0.25) is 4.79 Å². The summed E-state index contributed by atoms with van der Waals surface area (Å²) in [6.07, 6.45) is 2.58. The number of carbonyl (C=O) groups excluding carboxylic acids is 1. The average molecular weight is 276 g/mol. The second-order valence-corrected chi connectivity index (χ2v) is 6.05. The van der Waals surface area contributed by atoms with Crippen molar-refractivity contribution in [3.8, 4) is 5.75 Å². The zero-order valence-corrected chi connectivity index (χ0v) is 11.3.